The normalized spacial score (nSPS) is 12.7. The molecular formula is C28H44O4Si2. The summed E-state index contributed by atoms with van der Waals surface area (Å²) in [5, 5.41) is 0. The van der Waals surface area contributed by atoms with Crippen molar-refractivity contribution >= 4 is 16.6 Å². The van der Waals surface area contributed by atoms with Gasteiger partial charge in [0, 0.05) is 12.8 Å². The lowest BCUT2D eigenvalue weighted by Crippen LogP contribution is -2.29. The highest BCUT2D eigenvalue weighted by Crippen LogP contribution is 2.28. The van der Waals surface area contributed by atoms with Crippen LogP contribution in [0, 0.1) is 0 Å². The van der Waals surface area contributed by atoms with Crippen LogP contribution in [0.4, 0.5) is 0 Å². The third-order valence-electron chi connectivity index (χ3n) is 5.18. The van der Waals surface area contributed by atoms with Crippen molar-refractivity contribution in [3.63, 3.8) is 0 Å². The molecule has 34 heavy (non-hydrogen) atoms. The van der Waals surface area contributed by atoms with E-state index < -0.39 is 16.6 Å². The van der Waals surface area contributed by atoms with Crippen LogP contribution in [0.2, 0.25) is 39.3 Å². The molecular weight excluding hydrogens is 456 g/mol. The number of benzene rings is 2. The molecule has 0 bridgehead atoms. The molecule has 0 aliphatic heterocycles. The standard InChI is InChI=1S/C28H44O4Si2/c1-29-25-17-9-13-23(21-25)15-11-19-27(31-33(3,4)5)28(32-34(6,7)8)20-12-16-24-14-10-18-26(22-24)30-2/h9-10,13-14,17-18,21-22H,11-12,15-16,19-20H2,1-8H3/b28-27+. The second kappa shape index (κ2) is 13.0. The molecule has 2 aromatic carbocycles. The number of rotatable bonds is 14. The second-order valence-corrected chi connectivity index (χ2v) is 19.5. The van der Waals surface area contributed by atoms with E-state index in [1.807, 2.05) is 12.1 Å². The molecule has 0 atom stereocenters. The highest BCUT2D eigenvalue weighted by Gasteiger charge is 2.24. The predicted octanol–water partition coefficient (Wildman–Crippen LogP) is 7.96. The minimum atomic E-state index is -1.78. The predicted molar refractivity (Wildman–Crippen MR) is 148 cm³/mol. The second-order valence-electron chi connectivity index (χ2n) is 10.7. The van der Waals surface area contributed by atoms with Crippen LogP contribution in [-0.4, -0.2) is 30.9 Å². The molecule has 2 aromatic rings. The van der Waals surface area contributed by atoms with Crippen LogP contribution in [0.1, 0.15) is 36.8 Å². The van der Waals surface area contributed by atoms with Gasteiger partial charge in [-0.25, -0.2) is 0 Å². The van der Waals surface area contributed by atoms with Gasteiger partial charge >= 0.3 is 0 Å². The van der Waals surface area contributed by atoms with Crippen LogP contribution >= 0.6 is 0 Å². The average Bonchev–Trinajstić information content (AvgIpc) is 2.76. The minimum absolute atomic E-state index is 0.889. The first kappa shape index (κ1) is 28.1. The number of aryl methyl sites for hydroxylation is 2. The van der Waals surface area contributed by atoms with Crippen molar-refractivity contribution in [2.75, 3.05) is 14.2 Å². The van der Waals surface area contributed by atoms with E-state index in [4.69, 9.17) is 18.3 Å². The van der Waals surface area contributed by atoms with Crippen molar-refractivity contribution in [1.82, 2.24) is 0 Å². The Kier molecular flexibility index (Phi) is 10.8. The molecule has 6 heteroatoms. The monoisotopic (exact) mass is 500 g/mol. The third kappa shape index (κ3) is 10.8. The molecule has 0 unspecified atom stereocenters. The molecule has 0 aliphatic rings. The molecule has 188 valence electrons. The molecule has 0 amide bonds. The van der Waals surface area contributed by atoms with Crippen LogP contribution in [0.25, 0.3) is 0 Å². The Morgan fingerprint density at radius 1 is 0.618 bits per heavy atom. The maximum absolute atomic E-state index is 6.64. The lowest BCUT2D eigenvalue weighted by molar-refractivity contribution is 0.310. The maximum atomic E-state index is 6.64. The van der Waals surface area contributed by atoms with Crippen molar-refractivity contribution in [1.29, 1.82) is 0 Å². The van der Waals surface area contributed by atoms with E-state index in [0.717, 1.165) is 61.5 Å². The Morgan fingerprint density at radius 2 is 1.00 bits per heavy atom. The SMILES string of the molecule is COc1cccc(CCC/C(O[Si](C)(C)C)=C(/CCCc2cccc(OC)c2)O[Si](C)(C)C)c1. The van der Waals surface area contributed by atoms with Crippen LogP contribution in [0.5, 0.6) is 11.5 Å². The molecule has 0 aliphatic carbocycles. The van der Waals surface area contributed by atoms with E-state index in [1.54, 1.807) is 14.2 Å². The van der Waals surface area contributed by atoms with Gasteiger partial charge in [0.05, 0.1) is 14.2 Å². The van der Waals surface area contributed by atoms with E-state index in [2.05, 4.69) is 75.7 Å². The van der Waals surface area contributed by atoms with Gasteiger partial charge < -0.3 is 18.3 Å². The molecule has 0 spiro atoms. The largest absolute Gasteiger partial charge is 0.545 e. The molecule has 2 rings (SSSR count). The number of allylic oxidation sites excluding steroid dienone is 2. The summed E-state index contributed by atoms with van der Waals surface area (Å²) < 4.78 is 24.0. The summed E-state index contributed by atoms with van der Waals surface area (Å²) in [6.45, 7) is 13.5. The van der Waals surface area contributed by atoms with Gasteiger partial charge in [0.25, 0.3) is 0 Å². The lowest BCUT2D eigenvalue weighted by atomic mass is 10.0. The number of methoxy groups -OCH3 is 2. The Morgan fingerprint density at radius 3 is 1.32 bits per heavy atom. The van der Waals surface area contributed by atoms with E-state index in [0.29, 0.717) is 0 Å². The fraction of sp³-hybridized carbons (Fsp3) is 0.500. The van der Waals surface area contributed by atoms with Crippen molar-refractivity contribution in [2.24, 2.45) is 0 Å². The molecule has 0 radical (unpaired) electrons. The van der Waals surface area contributed by atoms with Crippen molar-refractivity contribution in [2.45, 2.75) is 77.8 Å². The van der Waals surface area contributed by atoms with E-state index in [-0.39, 0.29) is 0 Å². The van der Waals surface area contributed by atoms with E-state index in [1.165, 1.54) is 11.1 Å². The fourth-order valence-electron chi connectivity index (χ4n) is 3.80. The Labute approximate surface area is 209 Å². The van der Waals surface area contributed by atoms with Crippen LogP contribution in [-0.2, 0) is 21.7 Å². The summed E-state index contributed by atoms with van der Waals surface area (Å²) in [5.74, 6) is 3.95. The zero-order chi connectivity index (χ0) is 25.2. The quantitative estimate of drug-likeness (QED) is 0.195. The molecule has 0 saturated carbocycles. The highest BCUT2D eigenvalue weighted by molar-refractivity contribution is 6.70. The van der Waals surface area contributed by atoms with E-state index >= 15 is 0 Å². The van der Waals surface area contributed by atoms with Gasteiger partial charge in [-0.05, 0) is 100 Å². The van der Waals surface area contributed by atoms with Crippen molar-refractivity contribution in [3.05, 3.63) is 71.2 Å². The first-order chi connectivity index (χ1) is 16.0. The van der Waals surface area contributed by atoms with Gasteiger partial charge in [0.15, 0.2) is 0 Å². The number of ether oxygens (including phenoxy) is 2. The maximum Gasteiger partial charge on any atom is 0.241 e. The molecule has 0 heterocycles. The Bertz CT molecular complexity index is 851. The van der Waals surface area contributed by atoms with Crippen LogP contribution < -0.4 is 9.47 Å². The van der Waals surface area contributed by atoms with Crippen LogP contribution in [0.15, 0.2) is 60.0 Å². The minimum Gasteiger partial charge on any atom is -0.545 e. The first-order valence-electron chi connectivity index (χ1n) is 12.3. The molecule has 0 fully saturated rings. The molecule has 0 aromatic heterocycles. The summed E-state index contributed by atoms with van der Waals surface area (Å²) >= 11 is 0. The summed E-state index contributed by atoms with van der Waals surface area (Å²) in [6, 6.07) is 16.7. The zero-order valence-corrected chi connectivity index (χ0v) is 24.5. The van der Waals surface area contributed by atoms with Gasteiger partial charge in [0.1, 0.15) is 23.0 Å². The average molecular weight is 501 g/mol. The van der Waals surface area contributed by atoms with Crippen molar-refractivity contribution in [3.8, 4) is 11.5 Å². The molecule has 0 saturated heterocycles. The van der Waals surface area contributed by atoms with Crippen LogP contribution in [0.3, 0.4) is 0 Å². The highest BCUT2D eigenvalue weighted by atomic mass is 28.4. The summed E-state index contributed by atoms with van der Waals surface area (Å²) in [7, 11) is -0.123. The van der Waals surface area contributed by atoms with Gasteiger partial charge in [-0.2, -0.15) is 0 Å². The molecule has 4 nitrogen and oxygen atoms in total. The number of hydrogen-bond donors (Lipinski definition) is 0. The van der Waals surface area contributed by atoms with Gasteiger partial charge in [0.2, 0.25) is 16.6 Å². The number of hydrogen-bond acceptors (Lipinski definition) is 4. The lowest BCUT2D eigenvalue weighted by Gasteiger charge is -2.29. The third-order valence-corrected chi connectivity index (χ3v) is 6.89. The first-order valence-corrected chi connectivity index (χ1v) is 19.2. The topological polar surface area (TPSA) is 36.9 Å². The van der Waals surface area contributed by atoms with Crippen molar-refractivity contribution < 1.29 is 18.3 Å². The van der Waals surface area contributed by atoms with Gasteiger partial charge in [-0.3, -0.25) is 0 Å². The Balaban J connectivity index is 2.17. The summed E-state index contributed by atoms with van der Waals surface area (Å²) in [6.07, 6.45) is 5.78. The van der Waals surface area contributed by atoms with Gasteiger partial charge in [-0.1, -0.05) is 24.3 Å². The summed E-state index contributed by atoms with van der Waals surface area (Å²) in [5.41, 5.74) is 2.58. The Hall–Kier alpha value is -2.19. The molecule has 0 N–H and O–H groups in total. The van der Waals surface area contributed by atoms with Gasteiger partial charge in [-0.15, -0.1) is 0 Å². The van der Waals surface area contributed by atoms with E-state index in [9.17, 15) is 0 Å². The zero-order valence-electron chi connectivity index (χ0n) is 22.5. The smallest absolute Gasteiger partial charge is 0.241 e. The summed E-state index contributed by atoms with van der Waals surface area (Å²) in [4.78, 5) is 0. The fourth-order valence-corrected chi connectivity index (χ4v) is 5.71.